The first-order valence-corrected chi connectivity index (χ1v) is 6.03. The summed E-state index contributed by atoms with van der Waals surface area (Å²) in [5.41, 5.74) is 4.73. The Morgan fingerprint density at radius 1 is 1.38 bits per heavy atom. The molecule has 4 nitrogen and oxygen atoms in total. The average Bonchev–Trinajstić information content (AvgIpc) is 2.16. The Morgan fingerprint density at radius 3 is 2.38 bits per heavy atom. The van der Waals surface area contributed by atoms with E-state index in [0.29, 0.717) is 19.0 Å². The lowest BCUT2D eigenvalue weighted by atomic mass is 9.97. The SMILES string of the molecule is CC(C)OCCN(C)C(C)CC(C)(O)CN. The molecule has 0 saturated carbocycles. The minimum Gasteiger partial charge on any atom is -0.389 e. The molecule has 0 aliphatic heterocycles. The molecule has 0 amide bonds. The lowest BCUT2D eigenvalue weighted by Gasteiger charge is -2.31. The number of hydrogen-bond acceptors (Lipinski definition) is 4. The first-order valence-electron chi connectivity index (χ1n) is 6.03. The van der Waals surface area contributed by atoms with Crippen molar-refractivity contribution in [1.82, 2.24) is 4.90 Å². The Bertz CT molecular complexity index is 184. The molecule has 0 aromatic carbocycles. The van der Waals surface area contributed by atoms with Gasteiger partial charge in [-0.3, -0.25) is 0 Å². The Morgan fingerprint density at radius 2 is 1.94 bits per heavy atom. The van der Waals surface area contributed by atoms with Crippen LogP contribution in [-0.2, 0) is 4.74 Å². The van der Waals surface area contributed by atoms with Crippen LogP contribution in [0.25, 0.3) is 0 Å². The molecular formula is C12H28N2O2. The Kier molecular flexibility index (Phi) is 7.15. The molecule has 0 radical (unpaired) electrons. The van der Waals surface area contributed by atoms with Gasteiger partial charge in [0.1, 0.15) is 0 Å². The Labute approximate surface area is 99.8 Å². The molecule has 0 aliphatic carbocycles. The van der Waals surface area contributed by atoms with Gasteiger partial charge in [0, 0.05) is 19.1 Å². The second-order valence-electron chi connectivity index (χ2n) is 5.15. The molecule has 0 spiro atoms. The van der Waals surface area contributed by atoms with Crippen molar-refractivity contribution in [2.75, 3.05) is 26.7 Å². The third kappa shape index (κ3) is 7.17. The molecule has 0 saturated heterocycles. The molecular weight excluding hydrogens is 204 g/mol. The van der Waals surface area contributed by atoms with E-state index in [9.17, 15) is 5.11 Å². The van der Waals surface area contributed by atoms with Crippen molar-refractivity contribution in [3.05, 3.63) is 0 Å². The summed E-state index contributed by atoms with van der Waals surface area (Å²) in [6.45, 7) is 9.84. The number of ether oxygens (including phenoxy) is 1. The molecule has 2 unspecified atom stereocenters. The average molecular weight is 232 g/mol. The van der Waals surface area contributed by atoms with Crippen LogP contribution < -0.4 is 5.73 Å². The first kappa shape index (κ1) is 15.8. The van der Waals surface area contributed by atoms with Crippen LogP contribution in [-0.4, -0.2) is 54.5 Å². The van der Waals surface area contributed by atoms with Crippen molar-refractivity contribution in [1.29, 1.82) is 0 Å². The van der Waals surface area contributed by atoms with Gasteiger partial charge in [-0.2, -0.15) is 0 Å². The fraction of sp³-hybridized carbons (Fsp3) is 1.00. The number of rotatable bonds is 8. The van der Waals surface area contributed by atoms with Gasteiger partial charge in [0.25, 0.3) is 0 Å². The maximum atomic E-state index is 9.87. The number of nitrogens with zero attached hydrogens (tertiary/aromatic N) is 1. The second kappa shape index (κ2) is 7.22. The number of hydrogen-bond donors (Lipinski definition) is 2. The molecule has 0 aromatic rings. The van der Waals surface area contributed by atoms with Crippen LogP contribution in [0.4, 0.5) is 0 Å². The monoisotopic (exact) mass is 232 g/mol. The highest BCUT2D eigenvalue weighted by atomic mass is 16.5. The van der Waals surface area contributed by atoms with Gasteiger partial charge in [0.05, 0.1) is 18.3 Å². The van der Waals surface area contributed by atoms with Gasteiger partial charge >= 0.3 is 0 Å². The zero-order valence-corrected chi connectivity index (χ0v) is 11.4. The van der Waals surface area contributed by atoms with Crippen LogP contribution >= 0.6 is 0 Å². The summed E-state index contributed by atoms with van der Waals surface area (Å²) < 4.78 is 5.49. The van der Waals surface area contributed by atoms with Gasteiger partial charge in [-0.15, -0.1) is 0 Å². The largest absolute Gasteiger partial charge is 0.389 e. The van der Waals surface area contributed by atoms with Gasteiger partial charge in [-0.05, 0) is 41.2 Å². The van der Waals surface area contributed by atoms with Gasteiger partial charge < -0.3 is 20.5 Å². The zero-order valence-electron chi connectivity index (χ0n) is 11.4. The van der Waals surface area contributed by atoms with Gasteiger partial charge in [0.15, 0.2) is 0 Å². The van der Waals surface area contributed by atoms with E-state index in [4.69, 9.17) is 10.5 Å². The first-order chi connectivity index (χ1) is 7.28. The topological polar surface area (TPSA) is 58.7 Å². The van der Waals surface area contributed by atoms with Crippen molar-refractivity contribution in [2.45, 2.75) is 51.9 Å². The van der Waals surface area contributed by atoms with E-state index in [1.807, 2.05) is 20.9 Å². The molecule has 16 heavy (non-hydrogen) atoms. The van der Waals surface area contributed by atoms with E-state index in [-0.39, 0.29) is 6.10 Å². The second-order valence-corrected chi connectivity index (χ2v) is 5.15. The van der Waals surface area contributed by atoms with Crippen LogP contribution in [0.3, 0.4) is 0 Å². The summed E-state index contributed by atoms with van der Waals surface area (Å²) in [6.07, 6.45) is 0.956. The molecule has 98 valence electrons. The van der Waals surface area contributed by atoms with Crippen molar-refractivity contribution in [3.63, 3.8) is 0 Å². The molecule has 0 aliphatic rings. The molecule has 4 heteroatoms. The smallest absolute Gasteiger partial charge is 0.0756 e. The minimum atomic E-state index is -0.771. The summed E-state index contributed by atoms with van der Waals surface area (Å²) in [5.74, 6) is 0. The maximum absolute atomic E-state index is 9.87. The van der Waals surface area contributed by atoms with Crippen LogP contribution in [0, 0.1) is 0 Å². The van der Waals surface area contributed by atoms with Gasteiger partial charge in [-0.1, -0.05) is 0 Å². The summed E-state index contributed by atoms with van der Waals surface area (Å²) >= 11 is 0. The molecule has 0 heterocycles. The van der Waals surface area contributed by atoms with E-state index in [1.54, 1.807) is 6.92 Å². The Balaban J connectivity index is 3.85. The third-order valence-electron chi connectivity index (χ3n) is 2.82. The molecule has 0 rings (SSSR count). The number of likely N-dealkylation sites (N-methyl/N-ethyl adjacent to an activating group) is 1. The van der Waals surface area contributed by atoms with E-state index >= 15 is 0 Å². The standard InChI is InChI=1S/C12H28N2O2/c1-10(2)16-7-6-14(5)11(3)8-12(4,15)9-13/h10-11,15H,6-9,13H2,1-5H3. The summed E-state index contributed by atoms with van der Waals surface area (Å²) in [5, 5.41) is 9.87. The fourth-order valence-electron chi connectivity index (χ4n) is 1.53. The molecule has 0 bridgehead atoms. The van der Waals surface area contributed by atoms with Crippen molar-refractivity contribution in [2.24, 2.45) is 5.73 Å². The van der Waals surface area contributed by atoms with Crippen molar-refractivity contribution < 1.29 is 9.84 Å². The van der Waals surface area contributed by atoms with Crippen LogP contribution in [0.2, 0.25) is 0 Å². The molecule has 2 atom stereocenters. The van der Waals surface area contributed by atoms with Crippen LogP contribution in [0.5, 0.6) is 0 Å². The van der Waals surface area contributed by atoms with Crippen molar-refractivity contribution >= 4 is 0 Å². The Hall–Kier alpha value is -0.160. The predicted molar refractivity (Wildman–Crippen MR) is 67.5 cm³/mol. The summed E-state index contributed by atoms with van der Waals surface area (Å²) in [4.78, 5) is 2.19. The highest BCUT2D eigenvalue weighted by Gasteiger charge is 2.23. The zero-order chi connectivity index (χ0) is 12.8. The van der Waals surface area contributed by atoms with Gasteiger partial charge in [0.2, 0.25) is 0 Å². The quantitative estimate of drug-likeness (QED) is 0.651. The lowest BCUT2D eigenvalue weighted by molar-refractivity contribution is 0.0195. The molecule has 0 fully saturated rings. The lowest BCUT2D eigenvalue weighted by Crippen LogP contribution is -2.43. The molecule has 0 aromatic heterocycles. The van der Waals surface area contributed by atoms with Crippen molar-refractivity contribution in [3.8, 4) is 0 Å². The highest BCUT2D eigenvalue weighted by molar-refractivity contribution is 4.79. The summed E-state index contributed by atoms with van der Waals surface area (Å²) in [6, 6.07) is 0.300. The van der Waals surface area contributed by atoms with Crippen LogP contribution in [0.1, 0.15) is 34.1 Å². The van der Waals surface area contributed by atoms with Gasteiger partial charge in [-0.25, -0.2) is 0 Å². The number of nitrogens with two attached hydrogens (primary N) is 1. The highest BCUT2D eigenvalue weighted by Crippen LogP contribution is 2.13. The minimum absolute atomic E-state index is 0.274. The van der Waals surface area contributed by atoms with E-state index in [1.165, 1.54) is 0 Å². The van der Waals surface area contributed by atoms with Crippen LogP contribution in [0.15, 0.2) is 0 Å². The fourth-order valence-corrected chi connectivity index (χ4v) is 1.53. The molecule has 3 N–H and O–H groups in total. The van der Waals surface area contributed by atoms with E-state index in [0.717, 1.165) is 13.2 Å². The van der Waals surface area contributed by atoms with E-state index in [2.05, 4.69) is 11.8 Å². The van der Waals surface area contributed by atoms with E-state index < -0.39 is 5.60 Å². The predicted octanol–water partition coefficient (Wildman–Crippen LogP) is 0.832. The maximum Gasteiger partial charge on any atom is 0.0756 e. The third-order valence-corrected chi connectivity index (χ3v) is 2.82. The normalized spacial score (nSPS) is 17.8. The summed E-state index contributed by atoms with van der Waals surface area (Å²) in [7, 11) is 2.04. The number of aliphatic hydroxyl groups is 1.